The van der Waals surface area contributed by atoms with Gasteiger partial charge in [0.15, 0.2) is 5.78 Å². The molecule has 0 aliphatic heterocycles. The van der Waals surface area contributed by atoms with Gasteiger partial charge in [0, 0.05) is 19.0 Å². The molecule has 0 saturated carbocycles. The number of ketones is 1. The van der Waals surface area contributed by atoms with Gasteiger partial charge in [0.1, 0.15) is 5.69 Å². The lowest BCUT2D eigenvalue weighted by Gasteiger charge is -1.94. The van der Waals surface area contributed by atoms with E-state index in [0.29, 0.717) is 18.5 Å². The number of carbonyl (C=O) groups excluding carboxylic acids is 1. The summed E-state index contributed by atoms with van der Waals surface area (Å²) in [6, 6.07) is 5.26. The van der Waals surface area contributed by atoms with Gasteiger partial charge in [-0.1, -0.05) is 6.07 Å². The Morgan fingerprint density at radius 1 is 1.58 bits per heavy atom. The highest BCUT2D eigenvalue weighted by Crippen LogP contribution is 2.00. The SMILES string of the molecule is C#CCCC(=O)c1ccccn1. The lowest BCUT2D eigenvalue weighted by atomic mass is 10.1. The van der Waals surface area contributed by atoms with Crippen molar-refractivity contribution in [3.63, 3.8) is 0 Å². The molecule has 12 heavy (non-hydrogen) atoms. The molecule has 0 unspecified atom stereocenters. The number of Topliss-reactive ketones (excluding diaryl/α,β-unsaturated/α-hetero) is 1. The van der Waals surface area contributed by atoms with E-state index in [-0.39, 0.29) is 5.78 Å². The molecule has 0 spiro atoms. The van der Waals surface area contributed by atoms with Gasteiger partial charge in [0.25, 0.3) is 0 Å². The van der Waals surface area contributed by atoms with Gasteiger partial charge in [0.05, 0.1) is 0 Å². The normalized spacial score (nSPS) is 8.92. The number of hydrogen-bond acceptors (Lipinski definition) is 2. The Bertz CT molecular complexity index is 297. The van der Waals surface area contributed by atoms with Crippen LogP contribution in [0.5, 0.6) is 0 Å². The van der Waals surface area contributed by atoms with Gasteiger partial charge in [0.2, 0.25) is 0 Å². The molecular weight excluding hydrogens is 150 g/mol. The van der Waals surface area contributed by atoms with Crippen molar-refractivity contribution in [3.8, 4) is 12.3 Å². The van der Waals surface area contributed by atoms with E-state index in [2.05, 4.69) is 10.9 Å². The van der Waals surface area contributed by atoms with Gasteiger partial charge in [-0.15, -0.1) is 12.3 Å². The van der Waals surface area contributed by atoms with Crippen LogP contribution in [0.15, 0.2) is 24.4 Å². The van der Waals surface area contributed by atoms with Crippen LogP contribution in [0.4, 0.5) is 0 Å². The van der Waals surface area contributed by atoms with Crippen LogP contribution in [0.2, 0.25) is 0 Å². The molecule has 0 bridgehead atoms. The second-order valence-electron chi connectivity index (χ2n) is 2.34. The summed E-state index contributed by atoms with van der Waals surface area (Å²) in [5.41, 5.74) is 0.493. The molecule has 0 saturated heterocycles. The first-order valence-corrected chi connectivity index (χ1v) is 3.72. The monoisotopic (exact) mass is 159 g/mol. The minimum absolute atomic E-state index is 0.00792. The minimum Gasteiger partial charge on any atom is -0.292 e. The van der Waals surface area contributed by atoms with E-state index in [1.165, 1.54) is 0 Å². The average Bonchev–Trinajstić information content (AvgIpc) is 2.15. The molecule has 1 aromatic rings. The Kier molecular flexibility index (Phi) is 3.04. The highest BCUT2D eigenvalue weighted by Gasteiger charge is 2.03. The van der Waals surface area contributed by atoms with Gasteiger partial charge in [-0.05, 0) is 12.1 Å². The van der Waals surface area contributed by atoms with Crippen molar-refractivity contribution < 1.29 is 4.79 Å². The fourth-order valence-corrected chi connectivity index (χ4v) is 0.841. The number of terminal acetylenes is 1. The highest BCUT2D eigenvalue weighted by atomic mass is 16.1. The van der Waals surface area contributed by atoms with Crippen LogP contribution in [-0.2, 0) is 0 Å². The summed E-state index contributed by atoms with van der Waals surface area (Å²) in [7, 11) is 0. The zero-order valence-corrected chi connectivity index (χ0v) is 6.66. The lowest BCUT2D eigenvalue weighted by molar-refractivity contribution is 0.0979. The van der Waals surface area contributed by atoms with E-state index in [1.807, 2.05) is 0 Å². The van der Waals surface area contributed by atoms with Crippen LogP contribution < -0.4 is 0 Å². The standard InChI is InChI=1S/C10H9NO/c1-2-3-7-10(12)9-6-4-5-8-11-9/h1,4-6,8H,3,7H2. The van der Waals surface area contributed by atoms with Gasteiger partial charge in [-0.2, -0.15) is 0 Å². The van der Waals surface area contributed by atoms with E-state index >= 15 is 0 Å². The maximum atomic E-state index is 11.2. The van der Waals surface area contributed by atoms with Crippen molar-refractivity contribution in [2.75, 3.05) is 0 Å². The molecule has 0 aromatic carbocycles. The summed E-state index contributed by atoms with van der Waals surface area (Å²) in [5, 5.41) is 0. The first-order chi connectivity index (χ1) is 5.84. The first kappa shape index (κ1) is 8.48. The van der Waals surface area contributed by atoms with Crippen molar-refractivity contribution in [1.29, 1.82) is 0 Å². The fourth-order valence-electron chi connectivity index (χ4n) is 0.841. The van der Waals surface area contributed by atoms with Crippen LogP contribution in [0.1, 0.15) is 23.3 Å². The van der Waals surface area contributed by atoms with Crippen molar-refractivity contribution in [2.45, 2.75) is 12.8 Å². The largest absolute Gasteiger partial charge is 0.292 e. The Morgan fingerprint density at radius 3 is 3.00 bits per heavy atom. The minimum atomic E-state index is 0.00792. The van der Waals surface area contributed by atoms with Gasteiger partial charge >= 0.3 is 0 Å². The first-order valence-electron chi connectivity index (χ1n) is 3.72. The fraction of sp³-hybridized carbons (Fsp3) is 0.200. The van der Waals surface area contributed by atoms with Crippen LogP contribution in [-0.4, -0.2) is 10.8 Å². The van der Waals surface area contributed by atoms with Crippen LogP contribution in [0.25, 0.3) is 0 Å². The smallest absolute Gasteiger partial charge is 0.182 e. The molecular formula is C10H9NO. The number of aromatic nitrogens is 1. The summed E-state index contributed by atoms with van der Waals surface area (Å²) in [4.78, 5) is 15.2. The molecule has 0 aliphatic carbocycles. The Morgan fingerprint density at radius 2 is 2.42 bits per heavy atom. The summed E-state index contributed by atoms with van der Waals surface area (Å²) in [6.07, 6.45) is 7.50. The van der Waals surface area contributed by atoms with E-state index in [4.69, 9.17) is 6.42 Å². The topological polar surface area (TPSA) is 30.0 Å². The summed E-state index contributed by atoms with van der Waals surface area (Å²) in [6.45, 7) is 0. The molecule has 1 aromatic heterocycles. The lowest BCUT2D eigenvalue weighted by Crippen LogP contribution is -2.00. The van der Waals surface area contributed by atoms with Gasteiger partial charge in [-0.25, -0.2) is 0 Å². The second-order valence-corrected chi connectivity index (χ2v) is 2.34. The van der Waals surface area contributed by atoms with Crippen LogP contribution in [0.3, 0.4) is 0 Å². The Labute approximate surface area is 71.6 Å². The van der Waals surface area contributed by atoms with E-state index < -0.39 is 0 Å². The maximum Gasteiger partial charge on any atom is 0.182 e. The molecule has 0 atom stereocenters. The Hall–Kier alpha value is -1.62. The second kappa shape index (κ2) is 4.30. The number of carbonyl (C=O) groups is 1. The predicted molar refractivity (Wildman–Crippen MR) is 46.6 cm³/mol. The quantitative estimate of drug-likeness (QED) is 0.496. The van der Waals surface area contributed by atoms with Gasteiger partial charge in [-0.3, -0.25) is 9.78 Å². The molecule has 0 radical (unpaired) electrons. The van der Waals surface area contributed by atoms with Crippen molar-refractivity contribution in [2.24, 2.45) is 0 Å². The zero-order chi connectivity index (χ0) is 8.81. The molecule has 60 valence electrons. The molecule has 2 nitrogen and oxygen atoms in total. The molecule has 0 amide bonds. The summed E-state index contributed by atoms with van der Waals surface area (Å²) >= 11 is 0. The van der Waals surface area contributed by atoms with Gasteiger partial charge < -0.3 is 0 Å². The molecule has 0 aliphatic rings. The Balaban J connectivity index is 2.61. The maximum absolute atomic E-state index is 11.2. The predicted octanol–water partition coefficient (Wildman–Crippen LogP) is 1.68. The molecule has 0 N–H and O–H groups in total. The van der Waals surface area contributed by atoms with Crippen LogP contribution >= 0.6 is 0 Å². The van der Waals surface area contributed by atoms with Crippen LogP contribution in [0, 0.1) is 12.3 Å². The third-order valence-corrected chi connectivity index (χ3v) is 1.45. The zero-order valence-electron chi connectivity index (χ0n) is 6.66. The van der Waals surface area contributed by atoms with Crippen molar-refractivity contribution in [1.82, 2.24) is 4.98 Å². The number of pyridine rings is 1. The molecule has 1 heterocycles. The molecule has 2 heteroatoms. The molecule has 1 rings (SSSR count). The average molecular weight is 159 g/mol. The third kappa shape index (κ3) is 2.21. The molecule has 0 fully saturated rings. The summed E-state index contributed by atoms with van der Waals surface area (Å²) in [5.74, 6) is 2.43. The van der Waals surface area contributed by atoms with E-state index in [1.54, 1.807) is 24.4 Å². The van der Waals surface area contributed by atoms with Crippen molar-refractivity contribution in [3.05, 3.63) is 30.1 Å². The summed E-state index contributed by atoms with van der Waals surface area (Å²) < 4.78 is 0. The van der Waals surface area contributed by atoms with E-state index in [0.717, 1.165) is 0 Å². The van der Waals surface area contributed by atoms with Crippen molar-refractivity contribution >= 4 is 5.78 Å². The highest BCUT2D eigenvalue weighted by molar-refractivity contribution is 5.94. The number of hydrogen-bond donors (Lipinski definition) is 0. The van der Waals surface area contributed by atoms with E-state index in [9.17, 15) is 4.79 Å². The third-order valence-electron chi connectivity index (χ3n) is 1.45. The number of rotatable bonds is 3. The number of nitrogens with zero attached hydrogens (tertiary/aromatic N) is 1.